The van der Waals surface area contributed by atoms with Gasteiger partial charge in [-0.3, -0.25) is 0 Å². The third kappa shape index (κ3) is 5.59. The third-order valence-electron chi connectivity index (χ3n) is 3.12. The Labute approximate surface area is 109 Å². The first-order valence-electron chi connectivity index (χ1n) is 6.22. The van der Waals surface area contributed by atoms with Gasteiger partial charge in [-0.15, -0.1) is 0 Å². The van der Waals surface area contributed by atoms with E-state index in [2.05, 4.69) is 6.92 Å². The molecule has 1 rings (SSSR count). The molecule has 1 heterocycles. The van der Waals surface area contributed by atoms with Crippen molar-refractivity contribution in [3.63, 3.8) is 0 Å². The molecular formula is C11H24N2O2S2. The summed E-state index contributed by atoms with van der Waals surface area (Å²) in [6, 6.07) is 0.199. The van der Waals surface area contributed by atoms with E-state index in [9.17, 15) is 8.42 Å². The maximum atomic E-state index is 11.5. The van der Waals surface area contributed by atoms with Crippen LogP contribution in [0.5, 0.6) is 0 Å². The van der Waals surface area contributed by atoms with Crippen molar-refractivity contribution in [1.82, 2.24) is 4.31 Å². The molecule has 0 spiro atoms. The van der Waals surface area contributed by atoms with Crippen LogP contribution in [0.15, 0.2) is 0 Å². The van der Waals surface area contributed by atoms with Gasteiger partial charge in [0.25, 0.3) is 0 Å². The third-order valence-corrected chi connectivity index (χ3v) is 5.46. The number of sulfonamides is 1. The van der Waals surface area contributed by atoms with Crippen molar-refractivity contribution in [2.45, 2.75) is 32.2 Å². The van der Waals surface area contributed by atoms with Crippen LogP contribution in [0.4, 0.5) is 0 Å². The summed E-state index contributed by atoms with van der Waals surface area (Å²) in [7, 11) is -3.02. The van der Waals surface area contributed by atoms with E-state index < -0.39 is 10.0 Å². The SMILES string of the molecule is CCSCC(N)CC1CCCN(S(C)(=O)=O)C1. The lowest BCUT2D eigenvalue weighted by Gasteiger charge is -2.32. The predicted octanol–water partition coefficient (Wildman–Crippen LogP) is 1.13. The lowest BCUT2D eigenvalue weighted by Crippen LogP contribution is -2.41. The van der Waals surface area contributed by atoms with Crippen molar-refractivity contribution >= 4 is 21.8 Å². The van der Waals surface area contributed by atoms with Crippen LogP contribution in [0.3, 0.4) is 0 Å². The summed E-state index contributed by atoms with van der Waals surface area (Å²) in [5, 5.41) is 0. The number of piperidine rings is 1. The summed E-state index contributed by atoms with van der Waals surface area (Å²) in [5.74, 6) is 2.51. The molecule has 1 aliphatic rings. The second-order valence-electron chi connectivity index (χ2n) is 4.78. The average Bonchev–Trinajstić information content (AvgIpc) is 2.25. The molecule has 1 saturated heterocycles. The molecule has 0 bridgehead atoms. The van der Waals surface area contributed by atoms with Gasteiger partial charge in [-0.1, -0.05) is 6.92 Å². The molecule has 2 unspecified atom stereocenters. The Kier molecular flexibility index (Phi) is 6.26. The van der Waals surface area contributed by atoms with Crippen LogP contribution in [0.25, 0.3) is 0 Å². The quantitative estimate of drug-likeness (QED) is 0.792. The van der Waals surface area contributed by atoms with Gasteiger partial charge >= 0.3 is 0 Å². The largest absolute Gasteiger partial charge is 0.327 e. The van der Waals surface area contributed by atoms with Crippen LogP contribution in [-0.4, -0.2) is 49.6 Å². The van der Waals surface area contributed by atoms with Gasteiger partial charge in [-0.05, 0) is 30.9 Å². The Balaban J connectivity index is 2.39. The fraction of sp³-hybridized carbons (Fsp3) is 1.00. The van der Waals surface area contributed by atoms with Gasteiger partial charge in [0.1, 0.15) is 0 Å². The fourth-order valence-electron chi connectivity index (χ4n) is 2.29. The molecule has 0 aromatic carbocycles. The molecule has 2 N–H and O–H groups in total. The molecule has 102 valence electrons. The molecule has 0 aromatic heterocycles. The van der Waals surface area contributed by atoms with E-state index in [0.717, 1.165) is 30.8 Å². The minimum absolute atomic E-state index is 0.199. The summed E-state index contributed by atoms with van der Waals surface area (Å²) in [4.78, 5) is 0. The van der Waals surface area contributed by atoms with Crippen molar-refractivity contribution in [1.29, 1.82) is 0 Å². The van der Waals surface area contributed by atoms with Gasteiger partial charge in [0, 0.05) is 24.9 Å². The summed E-state index contributed by atoms with van der Waals surface area (Å²) >= 11 is 1.85. The Hall–Kier alpha value is 0.220. The maximum Gasteiger partial charge on any atom is 0.211 e. The fourth-order valence-corrected chi connectivity index (χ4v) is 3.90. The lowest BCUT2D eigenvalue weighted by atomic mass is 9.93. The number of rotatable bonds is 6. The van der Waals surface area contributed by atoms with Gasteiger partial charge in [-0.25, -0.2) is 12.7 Å². The van der Waals surface area contributed by atoms with Crippen molar-refractivity contribution in [3.8, 4) is 0 Å². The number of nitrogens with two attached hydrogens (primary N) is 1. The average molecular weight is 280 g/mol. The number of nitrogens with zero attached hydrogens (tertiary/aromatic N) is 1. The normalized spacial score (nSPS) is 24.8. The highest BCUT2D eigenvalue weighted by molar-refractivity contribution is 7.99. The molecule has 4 nitrogen and oxygen atoms in total. The molecular weight excluding hydrogens is 256 g/mol. The zero-order valence-electron chi connectivity index (χ0n) is 10.8. The lowest BCUT2D eigenvalue weighted by molar-refractivity contribution is 0.250. The molecule has 0 radical (unpaired) electrons. The summed E-state index contributed by atoms with van der Waals surface area (Å²) in [6.07, 6.45) is 4.31. The van der Waals surface area contributed by atoms with Crippen molar-refractivity contribution in [2.24, 2.45) is 11.7 Å². The first kappa shape index (κ1) is 15.3. The summed E-state index contributed by atoms with van der Waals surface area (Å²) in [6.45, 7) is 3.46. The van der Waals surface area contributed by atoms with Crippen LogP contribution in [-0.2, 0) is 10.0 Å². The highest BCUT2D eigenvalue weighted by Gasteiger charge is 2.26. The van der Waals surface area contributed by atoms with Crippen LogP contribution >= 0.6 is 11.8 Å². The van der Waals surface area contributed by atoms with E-state index in [4.69, 9.17) is 5.73 Å². The topological polar surface area (TPSA) is 63.4 Å². The van der Waals surface area contributed by atoms with E-state index >= 15 is 0 Å². The number of hydrogen-bond donors (Lipinski definition) is 1. The Morgan fingerprint density at radius 1 is 1.53 bits per heavy atom. The van der Waals surface area contributed by atoms with E-state index in [1.54, 1.807) is 4.31 Å². The molecule has 1 aliphatic heterocycles. The second kappa shape index (κ2) is 6.97. The van der Waals surface area contributed by atoms with Crippen molar-refractivity contribution < 1.29 is 8.42 Å². The summed E-state index contributed by atoms with van der Waals surface area (Å²) in [5.41, 5.74) is 6.06. The zero-order valence-corrected chi connectivity index (χ0v) is 12.4. The van der Waals surface area contributed by atoms with Gasteiger partial charge in [0.15, 0.2) is 0 Å². The molecule has 2 atom stereocenters. The molecule has 0 amide bonds. The number of hydrogen-bond acceptors (Lipinski definition) is 4. The van der Waals surface area contributed by atoms with Crippen LogP contribution < -0.4 is 5.73 Å². The molecule has 0 saturated carbocycles. The minimum atomic E-state index is -3.02. The first-order valence-corrected chi connectivity index (χ1v) is 9.22. The van der Waals surface area contributed by atoms with Gasteiger partial charge in [0.2, 0.25) is 10.0 Å². The van der Waals surface area contributed by atoms with Crippen molar-refractivity contribution in [2.75, 3.05) is 30.9 Å². The first-order chi connectivity index (χ1) is 7.93. The monoisotopic (exact) mass is 280 g/mol. The molecule has 1 fully saturated rings. The number of thioether (sulfide) groups is 1. The predicted molar refractivity (Wildman–Crippen MR) is 74.7 cm³/mol. The zero-order chi connectivity index (χ0) is 12.9. The maximum absolute atomic E-state index is 11.5. The van der Waals surface area contributed by atoms with E-state index in [1.807, 2.05) is 11.8 Å². The van der Waals surface area contributed by atoms with Gasteiger partial charge < -0.3 is 5.73 Å². The van der Waals surface area contributed by atoms with Gasteiger partial charge in [-0.2, -0.15) is 11.8 Å². The van der Waals surface area contributed by atoms with E-state index in [1.165, 1.54) is 6.26 Å². The summed E-state index contributed by atoms with van der Waals surface area (Å²) < 4.78 is 24.6. The van der Waals surface area contributed by atoms with E-state index in [-0.39, 0.29) is 6.04 Å². The Bertz CT molecular complexity index is 319. The van der Waals surface area contributed by atoms with Crippen LogP contribution in [0.2, 0.25) is 0 Å². The molecule has 6 heteroatoms. The highest BCUT2D eigenvalue weighted by Crippen LogP contribution is 2.23. The van der Waals surface area contributed by atoms with Crippen LogP contribution in [0.1, 0.15) is 26.2 Å². The second-order valence-corrected chi connectivity index (χ2v) is 8.09. The van der Waals surface area contributed by atoms with E-state index in [0.29, 0.717) is 19.0 Å². The molecule has 17 heavy (non-hydrogen) atoms. The van der Waals surface area contributed by atoms with Crippen molar-refractivity contribution in [3.05, 3.63) is 0 Å². The Morgan fingerprint density at radius 3 is 2.82 bits per heavy atom. The van der Waals surface area contributed by atoms with Crippen LogP contribution in [0, 0.1) is 5.92 Å². The highest BCUT2D eigenvalue weighted by atomic mass is 32.2. The standard InChI is InChI=1S/C11H24N2O2S2/c1-3-16-9-11(12)7-10-5-4-6-13(8-10)17(2,14)15/h10-11H,3-9,12H2,1-2H3. The van der Waals surface area contributed by atoms with Gasteiger partial charge in [0.05, 0.1) is 6.26 Å². The smallest absolute Gasteiger partial charge is 0.211 e. The Morgan fingerprint density at radius 2 is 2.24 bits per heavy atom. The molecule has 0 aliphatic carbocycles. The minimum Gasteiger partial charge on any atom is -0.327 e. The molecule has 0 aromatic rings.